The molecule has 0 unspecified atom stereocenters. The number of hydrogen-bond donors (Lipinski definition) is 2. The molecule has 162 valence electrons. The second-order valence-electron chi connectivity index (χ2n) is 7.15. The molecular formula is C24H17N5O4. The topological polar surface area (TPSA) is 125 Å². The molecular weight excluding hydrogens is 422 g/mol. The third-order valence-electron chi connectivity index (χ3n) is 5.07. The van der Waals surface area contributed by atoms with Crippen LogP contribution in [0.1, 0.15) is 10.4 Å². The van der Waals surface area contributed by atoms with Gasteiger partial charge in [0.15, 0.2) is 11.5 Å². The first-order valence-corrected chi connectivity index (χ1v) is 9.94. The van der Waals surface area contributed by atoms with Crippen molar-refractivity contribution < 1.29 is 14.6 Å². The van der Waals surface area contributed by atoms with Gasteiger partial charge >= 0.3 is 11.7 Å². The third kappa shape index (κ3) is 3.57. The van der Waals surface area contributed by atoms with Crippen molar-refractivity contribution in [3.63, 3.8) is 0 Å². The normalized spacial score (nSPS) is 10.9. The van der Waals surface area contributed by atoms with Crippen LogP contribution in [0.15, 0.2) is 90.0 Å². The number of fused-ring (bicyclic) bond motifs is 1. The Morgan fingerprint density at radius 2 is 1.58 bits per heavy atom. The summed E-state index contributed by atoms with van der Waals surface area (Å²) in [4.78, 5) is 33.2. The first-order valence-electron chi connectivity index (χ1n) is 9.94. The van der Waals surface area contributed by atoms with Gasteiger partial charge in [-0.2, -0.15) is 0 Å². The number of ether oxygens (including phenoxy) is 1. The number of carboxylic acids is 1. The number of aromatic carboxylic acids is 1. The average molecular weight is 439 g/mol. The van der Waals surface area contributed by atoms with E-state index in [0.717, 1.165) is 0 Å². The Bertz CT molecular complexity index is 1540. The number of hydrogen-bond acceptors (Lipinski definition) is 6. The Morgan fingerprint density at radius 1 is 0.848 bits per heavy atom. The Morgan fingerprint density at radius 3 is 2.30 bits per heavy atom. The van der Waals surface area contributed by atoms with Crippen molar-refractivity contribution in [1.82, 2.24) is 19.1 Å². The second kappa shape index (κ2) is 7.97. The smallest absolute Gasteiger partial charge is 0.339 e. The van der Waals surface area contributed by atoms with Gasteiger partial charge in [-0.15, -0.1) is 0 Å². The monoisotopic (exact) mass is 439 g/mol. The number of anilines is 1. The van der Waals surface area contributed by atoms with Crippen LogP contribution in [-0.4, -0.2) is 30.2 Å². The zero-order chi connectivity index (χ0) is 22.9. The van der Waals surface area contributed by atoms with Crippen molar-refractivity contribution in [2.75, 3.05) is 5.73 Å². The van der Waals surface area contributed by atoms with Crippen LogP contribution in [0.2, 0.25) is 0 Å². The van der Waals surface area contributed by atoms with Crippen molar-refractivity contribution in [1.29, 1.82) is 0 Å². The zero-order valence-electron chi connectivity index (χ0n) is 17.1. The van der Waals surface area contributed by atoms with E-state index in [4.69, 9.17) is 10.5 Å². The highest BCUT2D eigenvalue weighted by molar-refractivity contribution is 5.89. The van der Waals surface area contributed by atoms with Crippen LogP contribution in [0, 0.1) is 0 Å². The van der Waals surface area contributed by atoms with Gasteiger partial charge in [0.25, 0.3) is 0 Å². The number of imidazole rings is 1. The van der Waals surface area contributed by atoms with Gasteiger partial charge in [-0.3, -0.25) is 4.57 Å². The minimum Gasteiger partial charge on any atom is -0.478 e. The number of nitrogens with zero attached hydrogens (tertiary/aromatic N) is 4. The largest absolute Gasteiger partial charge is 0.478 e. The van der Waals surface area contributed by atoms with Crippen LogP contribution < -0.4 is 16.2 Å². The van der Waals surface area contributed by atoms with Gasteiger partial charge in [-0.1, -0.05) is 24.3 Å². The van der Waals surface area contributed by atoms with E-state index in [1.165, 1.54) is 27.6 Å². The minimum atomic E-state index is -1.10. The summed E-state index contributed by atoms with van der Waals surface area (Å²) in [5, 5.41) is 9.35. The molecule has 0 aliphatic rings. The number of para-hydroxylation sites is 1. The molecule has 0 aliphatic carbocycles. The molecule has 0 atom stereocenters. The first kappa shape index (κ1) is 20.0. The molecule has 0 spiro atoms. The summed E-state index contributed by atoms with van der Waals surface area (Å²) in [6, 6.07) is 22.3. The number of benzene rings is 3. The second-order valence-corrected chi connectivity index (χ2v) is 7.15. The van der Waals surface area contributed by atoms with Gasteiger partial charge in [0.1, 0.15) is 23.3 Å². The number of nitrogen functional groups attached to an aromatic ring is 1. The maximum absolute atomic E-state index is 13.5. The lowest BCUT2D eigenvalue weighted by Crippen LogP contribution is -2.22. The molecule has 5 aromatic rings. The highest BCUT2D eigenvalue weighted by Gasteiger charge is 2.20. The molecule has 2 aromatic heterocycles. The molecule has 9 heteroatoms. The quantitative estimate of drug-likeness (QED) is 0.428. The summed E-state index contributed by atoms with van der Waals surface area (Å²) < 4.78 is 8.53. The number of carboxylic acid groups (broad SMARTS) is 1. The molecule has 5 rings (SSSR count). The lowest BCUT2D eigenvalue weighted by molar-refractivity contribution is 0.0697. The Kier molecular flexibility index (Phi) is 4.83. The van der Waals surface area contributed by atoms with E-state index in [9.17, 15) is 14.7 Å². The minimum absolute atomic E-state index is 0.0461. The number of rotatable bonds is 5. The summed E-state index contributed by atoms with van der Waals surface area (Å²) in [7, 11) is 0. The van der Waals surface area contributed by atoms with Gasteiger partial charge in [0.2, 0.25) is 0 Å². The fraction of sp³-hybridized carbons (Fsp3) is 0. The lowest BCUT2D eigenvalue weighted by atomic mass is 10.2. The fourth-order valence-electron chi connectivity index (χ4n) is 3.59. The molecule has 0 saturated heterocycles. The maximum atomic E-state index is 13.5. The molecule has 3 aromatic carbocycles. The third-order valence-corrected chi connectivity index (χ3v) is 5.07. The van der Waals surface area contributed by atoms with Crippen molar-refractivity contribution in [3.8, 4) is 22.9 Å². The van der Waals surface area contributed by atoms with Gasteiger partial charge in [-0.05, 0) is 54.6 Å². The summed E-state index contributed by atoms with van der Waals surface area (Å²) in [5.74, 6) is 0.307. The van der Waals surface area contributed by atoms with Crippen molar-refractivity contribution in [2.24, 2.45) is 0 Å². The number of nitrogens with two attached hydrogens (primary N) is 1. The number of aromatic nitrogens is 4. The van der Waals surface area contributed by atoms with Crippen LogP contribution in [0.4, 0.5) is 5.82 Å². The Labute approximate surface area is 187 Å². The molecule has 33 heavy (non-hydrogen) atoms. The zero-order valence-corrected chi connectivity index (χ0v) is 17.1. The van der Waals surface area contributed by atoms with Crippen molar-refractivity contribution in [3.05, 3.63) is 101 Å². The summed E-state index contributed by atoms with van der Waals surface area (Å²) >= 11 is 0. The molecule has 3 N–H and O–H groups in total. The first-order chi connectivity index (χ1) is 16.0. The van der Waals surface area contributed by atoms with Gasteiger partial charge in [-0.25, -0.2) is 24.1 Å². The van der Waals surface area contributed by atoms with Crippen LogP contribution in [0.3, 0.4) is 0 Å². The predicted octanol–water partition coefficient (Wildman–Crippen LogP) is 3.64. The SMILES string of the molecule is Nc1ncnc2c1n(-c1ccc(Oc3ccccc3)cc1)c(=O)n2-c1cccc(C(=O)O)c1. The predicted molar refractivity (Wildman–Crippen MR) is 122 cm³/mol. The summed E-state index contributed by atoms with van der Waals surface area (Å²) in [5.41, 5.74) is 7.17. The van der Waals surface area contributed by atoms with E-state index in [1.807, 2.05) is 30.3 Å². The van der Waals surface area contributed by atoms with Crippen molar-refractivity contribution >= 4 is 23.0 Å². The summed E-state index contributed by atoms with van der Waals surface area (Å²) in [6.45, 7) is 0. The van der Waals surface area contributed by atoms with E-state index in [0.29, 0.717) is 28.4 Å². The highest BCUT2D eigenvalue weighted by Crippen LogP contribution is 2.26. The van der Waals surface area contributed by atoms with Crippen LogP contribution in [0.25, 0.3) is 22.5 Å². The van der Waals surface area contributed by atoms with Crippen LogP contribution >= 0.6 is 0 Å². The average Bonchev–Trinajstić information content (AvgIpc) is 3.13. The maximum Gasteiger partial charge on any atom is 0.339 e. The van der Waals surface area contributed by atoms with Crippen LogP contribution in [-0.2, 0) is 0 Å². The van der Waals surface area contributed by atoms with E-state index in [2.05, 4.69) is 9.97 Å². The standard InChI is InChI=1S/C24H17N5O4/c25-21-20-22(27-14-26-21)29(17-6-4-5-15(13-17)23(30)31)24(32)28(20)16-9-11-19(12-10-16)33-18-7-2-1-3-8-18/h1-14H,(H,30,31)(H2,25,26,27). The Hall–Kier alpha value is -4.92. The van der Waals surface area contributed by atoms with Gasteiger partial charge in [0, 0.05) is 0 Å². The van der Waals surface area contributed by atoms with Gasteiger partial charge in [0.05, 0.1) is 16.9 Å². The molecule has 0 saturated carbocycles. The number of carbonyl (C=O) groups is 1. The molecule has 0 radical (unpaired) electrons. The van der Waals surface area contributed by atoms with Gasteiger partial charge < -0.3 is 15.6 Å². The molecule has 9 nitrogen and oxygen atoms in total. The van der Waals surface area contributed by atoms with E-state index in [1.54, 1.807) is 36.4 Å². The molecule has 0 bridgehead atoms. The highest BCUT2D eigenvalue weighted by atomic mass is 16.5. The van der Waals surface area contributed by atoms with E-state index in [-0.39, 0.29) is 17.0 Å². The molecule has 2 heterocycles. The van der Waals surface area contributed by atoms with Crippen LogP contribution in [0.5, 0.6) is 11.5 Å². The molecule has 0 aliphatic heterocycles. The van der Waals surface area contributed by atoms with Crippen molar-refractivity contribution in [2.45, 2.75) is 0 Å². The fourth-order valence-corrected chi connectivity index (χ4v) is 3.59. The molecule has 0 amide bonds. The lowest BCUT2D eigenvalue weighted by Gasteiger charge is -2.08. The molecule has 0 fully saturated rings. The van der Waals surface area contributed by atoms with E-state index >= 15 is 0 Å². The van der Waals surface area contributed by atoms with E-state index < -0.39 is 11.7 Å². The Balaban J connectivity index is 1.65. The summed E-state index contributed by atoms with van der Waals surface area (Å²) in [6.07, 6.45) is 1.26.